The van der Waals surface area contributed by atoms with E-state index < -0.39 is 12.1 Å². The highest BCUT2D eigenvalue weighted by molar-refractivity contribution is 7.98. The van der Waals surface area contributed by atoms with Crippen LogP contribution in [-0.4, -0.2) is 22.2 Å². The van der Waals surface area contributed by atoms with Crippen molar-refractivity contribution in [1.29, 1.82) is 0 Å². The molecule has 0 amide bonds. The number of nitrogens with zero attached hydrogens (tertiary/aromatic N) is 1. The van der Waals surface area contributed by atoms with Crippen LogP contribution >= 0.6 is 23.1 Å². The Labute approximate surface area is 264 Å². The third-order valence-corrected chi connectivity index (χ3v) is 10.1. The fourth-order valence-corrected chi connectivity index (χ4v) is 7.81. The maximum absolute atomic E-state index is 11.8. The highest BCUT2D eigenvalue weighted by atomic mass is 32.2. The van der Waals surface area contributed by atoms with E-state index in [0.29, 0.717) is 17.9 Å². The lowest BCUT2D eigenvalue weighted by molar-refractivity contribution is -0.145. The molecule has 7 heteroatoms. The largest absolute Gasteiger partial charge is 0.479 e. The standard InChI is InChI=1S/C37H29NO4S2/c1-2-30(36(39)40)41-31-18-10-17-29-32-34(37(42-33(29)31)43-22-23-11-4-3-5-12-23)44-35(38-32)28-16-9-8-15-27(28)26-20-19-24-13-6-7-14-25(24)21-26/h3-21,30,37H,2,22H2,1H3,(H,39,40). The van der Waals surface area contributed by atoms with Crippen LogP contribution in [0.2, 0.25) is 0 Å². The summed E-state index contributed by atoms with van der Waals surface area (Å²) in [6, 6.07) is 39.3. The Morgan fingerprint density at radius 1 is 0.886 bits per heavy atom. The molecule has 44 heavy (non-hydrogen) atoms. The molecule has 2 atom stereocenters. The molecule has 0 radical (unpaired) electrons. The second kappa shape index (κ2) is 12.2. The smallest absolute Gasteiger partial charge is 0.344 e. The van der Waals surface area contributed by atoms with E-state index >= 15 is 0 Å². The van der Waals surface area contributed by atoms with E-state index in [1.165, 1.54) is 16.3 Å². The minimum atomic E-state index is -1.00. The lowest BCUT2D eigenvalue weighted by Crippen LogP contribution is -2.26. The normalized spacial score (nSPS) is 14.3. The van der Waals surface area contributed by atoms with Gasteiger partial charge in [-0.2, -0.15) is 0 Å². The molecule has 0 fully saturated rings. The van der Waals surface area contributed by atoms with Gasteiger partial charge in [-0.3, -0.25) is 0 Å². The molecule has 218 valence electrons. The molecule has 2 unspecified atom stereocenters. The van der Waals surface area contributed by atoms with Crippen LogP contribution in [0.25, 0.3) is 43.7 Å². The van der Waals surface area contributed by atoms with Crippen LogP contribution in [-0.2, 0) is 10.5 Å². The predicted octanol–water partition coefficient (Wildman–Crippen LogP) is 9.86. The van der Waals surface area contributed by atoms with Crippen molar-refractivity contribution in [2.24, 2.45) is 0 Å². The summed E-state index contributed by atoms with van der Waals surface area (Å²) in [7, 11) is 0. The highest BCUT2D eigenvalue weighted by Gasteiger charge is 2.34. The monoisotopic (exact) mass is 615 g/mol. The van der Waals surface area contributed by atoms with Crippen LogP contribution in [0.1, 0.15) is 29.2 Å². The number of aliphatic carboxylic acids is 1. The lowest BCUT2D eigenvalue weighted by atomic mass is 9.97. The number of carboxylic acids is 1. The van der Waals surface area contributed by atoms with Crippen LogP contribution in [0.15, 0.2) is 115 Å². The summed E-state index contributed by atoms with van der Waals surface area (Å²) in [4.78, 5) is 18.1. The van der Waals surface area contributed by atoms with E-state index in [2.05, 4.69) is 78.9 Å². The fraction of sp³-hybridized carbons (Fsp3) is 0.135. The van der Waals surface area contributed by atoms with E-state index in [9.17, 15) is 9.90 Å². The van der Waals surface area contributed by atoms with Gasteiger partial charge in [0.15, 0.2) is 23.0 Å². The van der Waals surface area contributed by atoms with Gasteiger partial charge in [0.25, 0.3) is 0 Å². The van der Waals surface area contributed by atoms with Gasteiger partial charge in [0.2, 0.25) is 0 Å². The van der Waals surface area contributed by atoms with Crippen LogP contribution in [0, 0.1) is 0 Å². The number of benzene rings is 5. The third-order valence-electron chi connectivity index (χ3n) is 7.70. The van der Waals surface area contributed by atoms with Crippen molar-refractivity contribution in [3.8, 4) is 44.5 Å². The van der Waals surface area contributed by atoms with E-state index in [1.807, 2.05) is 30.3 Å². The molecule has 0 spiro atoms. The van der Waals surface area contributed by atoms with Crippen LogP contribution in [0.4, 0.5) is 0 Å². The molecule has 1 aliphatic heterocycles. The van der Waals surface area contributed by atoms with Crippen LogP contribution < -0.4 is 9.47 Å². The Kier molecular flexibility index (Phi) is 7.81. The first-order valence-electron chi connectivity index (χ1n) is 14.5. The Hall–Kier alpha value is -4.59. The summed E-state index contributed by atoms with van der Waals surface area (Å²) in [5.41, 5.74) is 5.81. The second-order valence-electron chi connectivity index (χ2n) is 10.6. The minimum Gasteiger partial charge on any atom is -0.479 e. The summed E-state index contributed by atoms with van der Waals surface area (Å²) in [6.45, 7) is 1.80. The van der Waals surface area contributed by atoms with Gasteiger partial charge in [-0.1, -0.05) is 104 Å². The number of carboxylic acid groups (broad SMARTS) is 1. The minimum absolute atomic E-state index is 0.336. The maximum atomic E-state index is 11.8. The van der Waals surface area contributed by atoms with Gasteiger partial charge >= 0.3 is 5.97 Å². The Morgan fingerprint density at radius 2 is 1.61 bits per heavy atom. The van der Waals surface area contributed by atoms with Crippen molar-refractivity contribution in [1.82, 2.24) is 4.98 Å². The molecule has 0 saturated carbocycles. The number of fused-ring (bicyclic) bond motifs is 4. The van der Waals surface area contributed by atoms with E-state index in [4.69, 9.17) is 14.5 Å². The topological polar surface area (TPSA) is 68.7 Å². The first kappa shape index (κ1) is 28.2. The number of carbonyl (C=O) groups is 1. The first-order chi connectivity index (χ1) is 21.6. The SMILES string of the molecule is CCC(Oc1cccc2c1OC(SCc1ccccc1)c1sc(-c3ccccc3-c3ccc4ccccc4c3)nc1-2)C(=O)O. The number of thiazole rings is 1. The van der Waals surface area contributed by atoms with E-state index in [-0.39, 0.29) is 5.44 Å². The van der Waals surface area contributed by atoms with Crippen molar-refractivity contribution in [2.45, 2.75) is 30.6 Å². The molecule has 0 aliphatic carbocycles. The molecule has 1 aromatic heterocycles. The molecule has 6 aromatic rings. The van der Waals surface area contributed by atoms with Gasteiger partial charge in [-0.05, 0) is 52.1 Å². The number of ether oxygens (including phenoxy) is 2. The number of hydrogen-bond donors (Lipinski definition) is 1. The maximum Gasteiger partial charge on any atom is 0.344 e. The van der Waals surface area contributed by atoms with Crippen molar-refractivity contribution in [3.63, 3.8) is 0 Å². The van der Waals surface area contributed by atoms with Crippen LogP contribution in [0.3, 0.4) is 0 Å². The quantitative estimate of drug-likeness (QED) is 0.175. The summed E-state index contributed by atoms with van der Waals surface area (Å²) < 4.78 is 12.7. The zero-order chi connectivity index (χ0) is 30.0. The zero-order valence-electron chi connectivity index (χ0n) is 24.0. The highest BCUT2D eigenvalue weighted by Crippen LogP contribution is 2.54. The van der Waals surface area contributed by atoms with E-state index in [1.54, 1.807) is 36.1 Å². The Balaban J connectivity index is 1.33. The molecule has 0 bridgehead atoms. The average Bonchev–Trinajstić information content (AvgIpc) is 3.52. The lowest BCUT2D eigenvalue weighted by Gasteiger charge is -2.27. The van der Waals surface area contributed by atoms with Gasteiger partial charge in [0.1, 0.15) is 5.01 Å². The number of para-hydroxylation sites is 1. The molecular weight excluding hydrogens is 587 g/mol. The number of hydrogen-bond acceptors (Lipinski definition) is 6. The molecule has 1 N–H and O–H groups in total. The zero-order valence-corrected chi connectivity index (χ0v) is 25.6. The van der Waals surface area contributed by atoms with Gasteiger partial charge < -0.3 is 14.6 Å². The molecule has 5 aromatic carbocycles. The summed E-state index contributed by atoms with van der Waals surface area (Å²) in [6.07, 6.45) is -0.634. The molecular formula is C37H29NO4S2. The molecule has 2 heterocycles. The fourth-order valence-electron chi connectivity index (χ4n) is 5.47. The molecule has 5 nitrogen and oxygen atoms in total. The number of rotatable bonds is 9. The Morgan fingerprint density at radius 3 is 2.41 bits per heavy atom. The van der Waals surface area contributed by atoms with Crippen molar-refractivity contribution in [3.05, 3.63) is 126 Å². The van der Waals surface area contributed by atoms with Crippen LogP contribution in [0.5, 0.6) is 11.5 Å². The second-order valence-corrected chi connectivity index (χ2v) is 12.7. The number of aromatic nitrogens is 1. The molecule has 1 aliphatic rings. The van der Waals surface area contributed by atoms with Gasteiger partial charge in [0.05, 0.1) is 10.6 Å². The van der Waals surface area contributed by atoms with Gasteiger partial charge in [-0.25, -0.2) is 9.78 Å². The van der Waals surface area contributed by atoms with Gasteiger partial charge in [-0.15, -0.1) is 23.1 Å². The Bertz CT molecular complexity index is 1970. The summed E-state index contributed by atoms with van der Waals surface area (Å²) >= 11 is 3.33. The third kappa shape index (κ3) is 5.45. The van der Waals surface area contributed by atoms with Crippen molar-refractivity contribution >= 4 is 39.8 Å². The average molecular weight is 616 g/mol. The predicted molar refractivity (Wildman–Crippen MR) is 179 cm³/mol. The van der Waals surface area contributed by atoms with Crippen molar-refractivity contribution in [2.75, 3.05) is 0 Å². The van der Waals surface area contributed by atoms with Crippen molar-refractivity contribution < 1.29 is 19.4 Å². The summed E-state index contributed by atoms with van der Waals surface area (Å²) in [5.74, 6) is 0.693. The molecule has 7 rings (SSSR count). The summed E-state index contributed by atoms with van der Waals surface area (Å²) in [5, 5.41) is 13.0. The van der Waals surface area contributed by atoms with Gasteiger partial charge in [0, 0.05) is 16.9 Å². The first-order valence-corrected chi connectivity index (χ1v) is 16.4. The number of thioether (sulfide) groups is 1. The van der Waals surface area contributed by atoms with E-state index in [0.717, 1.165) is 43.6 Å². The molecule has 0 saturated heterocycles.